The number of phosphoric ester groups is 1. The van der Waals surface area contributed by atoms with Gasteiger partial charge in [-0.25, -0.2) is 4.57 Å². The van der Waals surface area contributed by atoms with E-state index in [1.807, 2.05) is 0 Å². The molecule has 0 aromatic carbocycles. The molecule has 1 rings (SSSR count). The van der Waals surface area contributed by atoms with Gasteiger partial charge in [0.1, 0.15) is 43.2 Å². The molecule has 14 heteroatoms. The lowest BCUT2D eigenvalue weighted by Crippen LogP contribution is -2.64. The summed E-state index contributed by atoms with van der Waals surface area (Å²) in [6.45, 7) is 3.30. The van der Waals surface area contributed by atoms with Crippen LogP contribution in [0.1, 0.15) is 226 Å². The summed E-state index contributed by atoms with van der Waals surface area (Å²) in [7, 11) is -5.12. The summed E-state index contributed by atoms with van der Waals surface area (Å²) < 4.78 is 33.6. The van der Waals surface area contributed by atoms with Gasteiger partial charge >= 0.3 is 19.8 Å². The maximum Gasteiger partial charge on any atom is 0.472 e. The second kappa shape index (κ2) is 40.4. The Bertz CT molecular complexity index is 1220. The maximum atomic E-state index is 12.8. The third-order valence-electron chi connectivity index (χ3n) is 12.0. The molecule has 13 nitrogen and oxygen atoms in total. The van der Waals surface area contributed by atoms with Crippen LogP contribution in [0.4, 0.5) is 0 Å². The van der Waals surface area contributed by atoms with Crippen LogP contribution in [0.5, 0.6) is 0 Å². The number of aliphatic hydroxyl groups excluding tert-OH is 5. The zero-order valence-corrected chi connectivity index (χ0v) is 41.0. The summed E-state index contributed by atoms with van der Waals surface area (Å²) in [6, 6.07) is 0. The molecule has 0 heterocycles. The molecule has 6 N–H and O–H groups in total. The number of hydrogen-bond acceptors (Lipinski definition) is 12. The first kappa shape index (κ1) is 60.3. The first-order valence-corrected chi connectivity index (χ1v) is 27.1. The third kappa shape index (κ3) is 32.1. The monoisotopic (exact) mass is 933 g/mol. The van der Waals surface area contributed by atoms with Crippen LogP contribution in [0.15, 0.2) is 24.3 Å². The summed E-state index contributed by atoms with van der Waals surface area (Å²) in [5, 5.41) is 50.2. The van der Waals surface area contributed by atoms with E-state index in [0.717, 1.165) is 64.2 Å². The number of unbranched alkanes of at least 4 members (excludes halogenated alkanes) is 27. The molecule has 1 aliphatic carbocycles. The Kier molecular flexibility index (Phi) is 38.1. The quantitative estimate of drug-likeness (QED) is 0.0146. The zero-order chi connectivity index (χ0) is 47.1. The Balaban J connectivity index is 2.39. The molecule has 0 amide bonds. The molecular weight excluding hydrogens is 840 g/mol. The summed E-state index contributed by atoms with van der Waals surface area (Å²) in [4.78, 5) is 35.8. The minimum Gasteiger partial charge on any atom is -0.462 e. The van der Waals surface area contributed by atoms with E-state index in [0.29, 0.717) is 12.8 Å². The van der Waals surface area contributed by atoms with Gasteiger partial charge in [-0.1, -0.05) is 173 Å². The summed E-state index contributed by atoms with van der Waals surface area (Å²) in [5.41, 5.74) is 0. The van der Waals surface area contributed by atoms with E-state index in [-0.39, 0.29) is 12.8 Å². The highest BCUT2D eigenvalue weighted by Gasteiger charge is 2.51. The minimum absolute atomic E-state index is 0.0966. The van der Waals surface area contributed by atoms with Crippen molar-refractivity contribution in [3.8, 4) is 0 Å². The largest absolute Gasteiger partial charge is 0.472 e. The lowest BCUT2D eigenvalue weighted by atomic mass is 9.85. The Morgan fingerprint density at radius 1 is 0.469 bits per heavy atom. The molecule has 64 heavy (non-hydrogen) atoms. The molecule has 376 valence electrons. The number of allylic oxidation sites excluding steroid dienone is 4. The lowest BCUT2D eigenvalue weighted by Gasteiger charge is -2.41. The second-order valence-corrected chi connectivity index (χ2v) is 19.4. The Morgan fingerprint density at radius 2 is 0.797 bits per heavy atom. The summed E-state index contributed by atoms with van der Waals surface area (Å²) in [5.74, 6) is -1.10. The highest BCUT2D eigenvalue weighted by molar-refractivity contribution is 7.47. The van der Waals surface area contributed by atoms with Crippen LogP contribution >= 0.6 is 7.82 Å². The standard InChI is InChI=1S/C50H93O13P/c1-3-5-7-9-11-13-15-17-19-20-21-22-23-24-25-27-29-31-33-35-37-39-44(52)62-42(41-61-64(58,59)63-50-48(56)46(54)45(53)47(55)49(50)57)40-60-43(51)38-36-34-32-30-28-26-18-16-14-12-10-8-6-4-2/h16-19,42,45-50,53-57H,3-15,20-41H2,1-2H3,(H,58,59)/b18-16+,19-17+/t42-,45?,46-,47?,48?,49?,50?/m1/s1. The molecule has 1 saturated carbocycles. The zero-order valence-electron chi connectivity index (χ0n) is 40.1. The van der Waals surface area contributed by atoms with Gasteiger partial charge in [0.15, 0.2) is 6.10 Å². The van der Waals surface area contributed by atoms with Gasteiger partial charge < -0.3 is 39.9 Å². The van der Waals surface area contributed by atoms with Gasteiger partial charge in [0.2, 0.25) is 0 Å². The first-order chi connectivity index (χ1) is 30.9. The number of rotatable bonds is 43. The highest BCUT2D eigenvalue weighted by Crippen LogP contribution is 2.47. The number of ether oxygens (including phenoxy) is 2. The number of carbonyl (C=O) groups is 2. The fourth-order valence-electron chi connectivity index (χ4n) is 7.87. The van der Waals surface area contributed by atoms with Crippen molar-refractivity contribution in [3.63, 3.8) is 0 Å². The Hall–Kier alpha value is -1.67. The molecule has 8 atom stereocenters. The van der Waals surface area contributed by atoms with Crippen molar-refractivity contribution < 1.29 is 63.1 Å². The first-order valence-electron chi connectivity index (χ1n) is 25.6. The molecule has 0 aromatic heterocycles. The van der Waals surface area contributed by atoms with Gasteiger partial charge in [-0.2, -0.15) is 0 Å². The van der Waals surface area contributed by atoms with Gasteiger partial charge in [0.25, 0.3) is 0 Å². The molecule has 0 aromatic rings. The molecule has 6 unspecified atom stereocenters. The normalized spacial score (nSPS) is 21.7. The van der Waals surface area contributed by atoms with Crippen molar-refractivity contribution in [1.82, 2.24) is 0 Å². The Morgan fingerprint density at radius 3 is 1.19 bits per heavy atom. The van der Waals surface area contributed by atoms with E-state index in [2.05, 4.69) is 38.2 Å². The van der Waals surface area contributed by atoms with Crippen LogP contribution in [-0.4, -0.2) is 98.3 Å². The van der Waals surface area contributed by atoms with E-state index in [1.54, 1.807) is 0 Å². The molecule has 1 aliphatic rings. The van der Waals surface area contributed by atoms with Gasteiger partial charge in [0, 0.05) is 12.8 Å². The van der Waals surface area contributed by atoms with E-state index < -0.39 is 75.7 Å². The average Bonchev–Trinajstić information content (AvgIpc) is 3.28. The highest BCUT2D eigenvalue weighted by atomic mass is 31.2. The van der Waals surface area contributed by atoms with E-state index >= 15 is 0 Å². The van der Waals surface area contributed by atoms with Crippen LogP contribution in [0.25, 0.3) is 0 Å². The van der Waals surface area contributed by atoms with Crippen LogP contribution in [-0.2, 0) is 32.7 Å². The van der Waals surface area contributed by atoms with Crippen molar-refractivity contribution in [3.05, 3.63) is 24.3 Å². The van der Waals surface area contributed by atoms with Crippen molar-refractivity contribution in [1.29, 1.82) is 0 Å². The third-order valence-corrected chi connectivity index (χ3v) is 13.0. The topological polar surface area (TPSA) is 210 Å². The Labute approximate surface area is 387 Å². The number of phosphoric acid groups is 1. The molecule has 0 saturated heterocycles. The van der Waals surface area contributed by atoms with Crippen LogP contribution in [0.3, 0.4) is 0 Å². The van der Waals surface area contributed by atoms with Crippen molar-refractivity contribution in [2.75, 3.05) is 13.2 Å². The minimum atomic E-state index is -5.12. The summed E-state index contributed by atoms with van der Waals surface area (Å²) in [6.07, 6.45) is 32.3. The molecule has 0 bridgehead atoms. The molecular formula is C50H93O13P. The second-order valence-electron chi connectivity index (χ2n) is 18.0. The number of esters is 2. The molecule has 0 spiro atoms. The van der Waals surface area contributed by atoms with Crippen LogP contribution < -0.4 is 0 Å². The smallest absolute Gasteiger partial charge is 0.462 e. The van der Waals surface area contributed by atoms with E-state index in [9.17, 15) is 44.6 Å². The van der Waals surface area contributed by atoms with E-state index in [1.165, 1.54) is 122 Å². The van der Waals surface area contributed by atoms with Gasteiger partial charge in [0.05, 0.1) is 6.61 Å². The SMILES string of the molecule is CCCCCCC/C=C/CCCCCCCC(=O)OC[C@H](COP(=O)(O)OC1C(O)C(O)C(O)[C@@H](O)C1O)OC(=O)CCCCCCCCCCCCC/C=C/CCCCCCCC. The predicted octanol–water partition coefficient (Wildman–Crippen LogP) is 10.8. The van der Waals surface area contributed by atoms with Gasteiger partial charge in [-0.3, -0.25) is 18.6 Å². The van der Waals surface area contributed by atoms with Crippen molar-refractivity contribution in [2.24, 2.45) is 0 Å². The molecule has 0 aliphatic heterocycles. The average molecular weight is 933 g/mol. The summed E-state index contributed by atoms with van der Waals surface area (Å²) >= 11 is 0. The van der Waals surface area contributed by atoms with Crippen molar-refractivity contribution >= 4 is 19.8 Å². The number of carbonyl (C=O) groups excluding carboxylic acids is 2. The maximum absolute atomic E-state index is 12.8. The van der Waals surface area contributed by atoms with Gasteiger partial charge in [-0.15, -0.1) is 0 Å². The number of aliphatic hydroxyl groups is 5. The van der Waals surface area contributed by atoms with Crippen LogP contribution in [0, 0.1) is 0 Å². The molecule has 1 fully saturated rings. The lowest BCUT2D eigenvalue weighted by molar-refractivity contribution is -0.220. The van der Waals surface area contributed by atoms with Crippen molar-refractivity contribution in [2.45, 2.75) is 268 Å². The molecule has 0 radical (unpaired) electrons. The van der Waals surface area contributed by atoms with Crippen LogP contribution in [0.2, 0.25) is 0 Å². The fraction of sp³-hybridized carbons (Fsp3) is 0.880. The predicted molar refractivity (Wildman–Crippen MR) is 254 cm³/mol. The van der Waals surface area contributed by atoms with E-state index in [4.69, 9.17) is 18.5 Å². The van der Waals surface area contributed by atoms with Gasteiger partial charge in [-0.05, 0) is 64.2 Å². The fourth-order valence-corrected chi connectivity index (χ4v) is 8.84. The number of hydrogen-bond donors (Lipinski definition) is 6.